The Balaban J connectivity index is 1.70. The summed E-state index contributed by atoms with van der Waals surface area (Å²) in [5.41, 5.74) is 0.204. The summed E-state index contributed by atoms with van der Waals surface area (Å²) in [6.07, 6.45) is 1.08. The molecule has 2 aromatic carbocycles. The number of carbonyl (C=O) groups is 1. The van der Waals surface area contributed by atoms with Crippen molar-refractivity contribution in [2.24, 2.45) is 0 Å². The summed E-state index contributed by atoms with van der Waals surface area (Å²) in [5.74, 6) is -0.982. The number of rotatable bonds is 4. The number of hydrogen-bond donors (Lipinski definition) is 0. The molecule has 1 saturated heterocycles. The van der Waals surface area contributed by atoms with E-state index >= 15 is 0 Å². The van der Waals surface area contributed by atoms with Crippen molar-refractivity contribution in [3.8, 4) is 0 Å². The number of anilines is 1. The van der Waals surface area contributed by atoms with E-state index in [9.17, 15) is 27.7 Å². The highest BCUT2D eigenvalue weighted by atomic mass is 32.2. The van der Waals surface area contributed by atoms with Gasteiger partial charge in [0.2, 0.25) is 0 Å². The molecule has 10 heteroatoms. The van der Waals surface area contributed by atoms with Gasteiger partial charge in [-0.2, -0.15) is 0 Å². The molecule has 0 atom stereocenters. The van der Waals surface area contributed by atoms with Crippen molar-refractivity contribution in [2.75, 3.05) is 37.3 Å². The molecule has 2 aromatic rings. The Hall–Kier alpha value is -3.01. The fraction of sp³-hybridized carbons (Fsp3) is 0.278. The zero-order valence-corrected chi connectivity index (χ0v) is 15.9. The first-order valence-corrected chi connectivity index (χ1v) is 10.3. The summed E-state index contributed by atoms with van der Waals surface area (Å²) in [5, 5.41) is 10.7. The van der Waals surface area contributed by atoms with Crippen molar-refractivity contribution >= 4 is 27.1 Å². The summed E-state index contributed by atoms with van der Waals surface area (Å²) in [7, 11) is -3.42. The molecule has 148 valence electrons. The largest absolute Gasteiger partial charge is 0.366 e. The monoisotopic (exact) mass is 407 g/mol. The molecule has 1 amide bonds. The van der Waals surface area contributed by atoms with Crippen LogP contribution in [-0.4, -0.2) is 56.6 Å². The predicted octanol–water partition coefficient (Wildman–Crippen LogP) is 2.10. The molecule has 0 N–H and O–H groups in total. The Morgan fingerprint density at radius 3 is 2.36 bits per heavy atom. The molecule has 28 heavy (non-hydrogen) atoms. The third kappa shape index (κ3) is 4.11. The molecule has 1 heterocycles. The minimum absolute atomic E-state index is 0.0740. The summed E-state index contributed by atoms with van der Waals surface area (Å²) in [6.45, 7) is 1.34. The van der Waals surface area contributed by atoms with Crippen molar-refractivity contribution in [1.29, 1.82) is 0 Å². The van der Waals surface area contributed by atoms with E-state index in [1.165, 1.54) is 30.3 Å². The lowest BCUT2D eigenvalue weighted by molar-refractivity contribution is -0.385. The minimum Gasteiger partial charge on any atom is -0.366 e. The first-order valence-electron chi connectivity index (χ1n) is 8.45. The minimum atomic E-state index is -3.42. The van der Waals surface area contributed by atoms with Gasteiger partial charge in [-0.15, -0.1) is 0 Å². The highest BCUT2D eigenvalue weighted by Gasteiger charge is 2.25. The standard InChI is InChI=1S/C18H18FN3O5S/c1-28(26,27)15-4-2-3-13(11-15)18(23)21-9-7-20(8-10-21)17-6-5-14(22(24)25)12-16(17)19/h2-6,11-12H,7-10H2,1H3. The number of amides is 1. The Bertz CT molecular complexity index is 1030. The number of carbonyl (C=O) groups excluding carboxylic acids is 1. The van der Waals surface area contributed by atoms with Crippen LogP contribution in [0.4, 0.5) is 15.8 Å². The van der Waals surface area contributed by atoms with Crippen molar-refractivity contribution in [3.05, 3.63) is 64.0 Å². The number of non-ortho nitro benzene ring substituents is 1. The van der Waals surface area contributed by atoms with Crippen LogP contribution in [0.2, 0.25) is 0 Å². The highest BCUT2D eigenvalue weighted by molar-refractivity contribution is 7.90. The van der Waals surface area contributed by atoms with E-state index < -0.39 is 20.6 Å². The van der Waals surface area contributed by atoms with Gasteiger partial charge in [0.05, 0.1) is 21.6 Å². The van der Waals surface area contributed by atoms with Crippen LogP contribution < -0.4 is 4.90 Å². The number of nitro benzene ring substituents is 1. The van der Waals surface area contributed by atoms with Crippen LogP contribution in [0.1, 0.15) is 10.4 Å². The van der Waals surface area contributed by atoms with Gasteiger partial charge in [-0.3, -0.25) is 14.9 Å². The number of nitrogens with zero attached hydrogens (tertiary/aromatic N) is 3. The number of nitro groups is 1. The van der Waals surface area contributed by atoms with E-state index in [1.54, 1.807) is 15.9 Å². The maximum atomic E-state index is 14.2. The number of hydrogen-bond acceptors (Lipinski definition) is 6. The fourth-order valence-corrected chi connectivity index (χ4v) is 3.73. The molecule has 0 aliphatic carbocycles. The van der Waals surface area contributed by atoms with Crippen LogP contribution in [0, 0.1) is 15.9 Å². The average molecular weight is 407 g/mol. The third-order valence-corrected chi connectivity index (χ3v) is 5.67. The summed E-state index contributed by atoms with van der Waals surface area (Å²) >= 11 is 0. The maximum absolute atomic E-state index is 14.2. The van der Waals surface area contributed by atoms with Gasteiger partial charge in [0.25, 0.3) is 11.6 Å². The SMILES string of the molecule is CS(=O)(=O)c1cccc(C(=O)N2CCN(c3ccc([N+](=O)[O-])cc3F)CC2)c1. The molecule has 0 saturated carbocycles. The number of piperazine rings is 1. The van der Waals surface area contributed by atoms with Gasteiger partial charge in [-0.25, -0.2) is 12.8 Å². The van der Waals surface area contributed by atoms with Gasteiger partial charge in [-0.05, 0) is 24.3 Å². The van der Waals surface area contributed by atoms with E-state index in [0.29, 0.717) is 26.2 Å². The maximum Gasteiger partial charge on any atom is 0.272 e. The Morgan fingerprint density at radius 2 is 1.79 bits per heavy atom. The van der Waals surface area contributed by atoms with Gasteiger partial charge < -0.3 is 9.80 Å². The summed E-state index contributed by atoms with van der Waals surface area (Å²) in [4.78, 5) is 26.1. The van der Waals surface area contributed by atoms with Crippen molar-refractivity contribution in [3.63, 3.8) is 0 Å². The van der Waals surface area contributed by atoms with Gasteiger partial charge >= 0.3 is 0 Å². The second-order valence-corrected chi connectivity index (χ2v) is 8.49. The quantitative estimate of drug-likeness (QED) is 0.568. The van der Waals surface area contributed by atoms with Crippen molar-refractivity contribution in [2.45, 2.75) is 4.90 Å². The predicted molar refractivity (Wildman–Crippen MR) is 101 cm³/mol. The lowest BCUT2D eigenvalue weighted by Crippen LogP contribution is -2.49. The lowest BCUT2D eigenvalue weighted by Gasteiger charge is -2.36. The molecule has 1 fully saturated rings. The first-order chi connectivity index (χ1) is 13.2. The lowest BCUT2D eigenvalue weighted by atomic mass is 10.1. The second-order valence-electron chi connectivity index (χ2n) is 6.47. The van der Waals surface area contributed by atoms with Gasteiger partial charge in [0.1, 0.15) is 0 Å². The molecule has 1 aliphatic heterocycles. The summed E-state index contributed by atoms with van der Waals surface area (Å²) < 4.78 is 37.5. The highest BCUT2D eigenvalue weighted by Crippen LogP contribution is 2.25. The molecule has 0 unspecified atom stereocenters. The topological polar surface area (TPSA) is 101 Å². The molecule has 0 bridgehead atoms. The van der Waals surface area contributed by atoms with Gasteiger partial charge in [-0.1, -0.05) is 6.07 Å². The van der Waals surface area contributed by atoms with Crippen LogP contribution in [0.5, 0.6) is 0 Å². The molecular weight excluding hydrogens is 389 g/mol. The Labute approximate surface area is 161 Å². The first kappa shape index (κ1) is 19.7. The van der Waals surface area contributed by atoms with Crippen molar-refractivity contribution < 1.29 is 22.5 Å². The van der Waals surface area contributed by atoms with Crippen LogP contribution in [0.3, 0.4) is 0 Å². The van der Waals surface area contributed by atoms with E-state index in [4.69, 9.17) is 0 Å². The number of benzene rings is 2. The molecule has 0 aromatic heterocycles. The molecular formula is C18H18FN3O5S. The molecule has 0 radical (unpaired) electrons. The number of halogens is 1. The number of sulfone groups is 1. The van der Waals surface area contributed by atoms with Crippen LogP contribution in [0.15, 0.2) is 47.4 Å². The smallest absolute Gasteiger partial charge is 0.272 e. The van der Waals surface area contributed by atoms with Gasteiger partial charge in [0, 0.05) is 44.1 Å². The Morgan fingerprint density at radius 1 is 1.11 bits per heavy atom. The molecule has 8 nitrogen and oxygen atoms in total. The second kappa shape index (κ2) is 7.55. The Kier molecular flexibility index (Phi) is 5.32. The molecule has 3 rings (SSSR count). The van der Waals surface area contributed by atoms with E-state index in [-0.39, 0.29) is 27.7 Å². The van der Waals surface area contributed by atoms with E-state index in [0.717, 1.165) is 12.3 Å². The summed E-state index contributed by atoms with van der Waals surface area (Å²) in [6, 6.07) is 9.34. The molecule has 0 spiro atoms. The zero-order chi connectivity index (χ0) is 20.5. The van der Waals surface area contributed by atoms with Gasteiger partial charge in [0.15, 0.2) is 15.7 Å². The van der Waals surface area contributed by atoms with Crippen LogP contribution >= 0.6 is 0 Å². The fourth-order valence-electron chi connectivity index (χ4n) is 3.06. The van der Waals surface area contributed by atoms with Crippen molar-refractivity contribution in [1.82, 2.24) is 4.90 Å². The zero-order valence-electron chi connectivity index (χ0n) is 15.0. The van der Waals surface area contributed by atoms with Crippen LogP contribution in [0.25, 0.3) is 0 Å². The average Bonchev–Trinajstić information content (AvgIpc) is 2.67. The van der Waals surface area contributed by atoms with E-state index in [1.807, 2.05) is 0 Å². The molecule has 1 aliphatic rings. The third-order valence-electron chi connectivity index (χ3n) is 4.56. The van der Waals surface area contributed by atoms with Crippen LogP contribution in [-0.2, 0) is 9.84 Å². The normalized spacial score (nSPS) is 14.8. The van der Waals surface area contributed by atoms with E-state index in [2.05, 4.69) is 0 Å².